The monoisotopic (exact) mass is 504 g/mol. The van der Waals surface area contributed by atoms with Crippen molar-refractivity contribution in [1.29, 1.82) is 0 Å². The Morgan fingerprint density at radius 3 is 2.26 bits per heavy atom. The molecule has 0 aliphatic carbocycles. The number of fused-ring (bicyclic) bond motifs is 1. The molecule has 9 atom stereocenters. The molecule has 4 rings (SSSR count). The molecule has 12 heteroatoms. The van der Waals surface area contributed by atoms with Crippen molar-refractivity contribution in [3.63, 3.8) is 0 Å². The van der Waals surface area contributed by atoms with Gasteiger partial charge >= 0.3 is 5.97 Å². The number of aldehydes is 1. The van der Waals surface area contributed by atoms with Crippen LogP contribution in [0.1, 0.15) is 48.5 Å². The van der Waals surface area contributed by atoms with Crippen molar-refractivity contribution in [2.75, 3.05) is 13.2 Å². The van der Waals surface area contributed by atoms with Crippen molar-refractivity contribution in [1.82, 2.24) is 0 Å². The Morgan fingerprint density at radius 2 is 1.66 bits per heavy atom. The van der Waals surface area contributed by atoms with Gasteiger partial charge in [0.1, 0.15) is 55.4 Å². The topological polar surface area (TPSA) is 137 Å². The summed E-state index contributed by atoms with van der Waals surface area (Å²) in [6, 6.07) is 0. The van der Waals surface area contributed by atoms with Crippen LogP contribution in [-0.2, 0) is 52.2 Å². The molecule has 4 aliphatic heterocycles. The zero-order valence-corrected chi connectivity index (χ0v) is 21.1. The Labute approximate surface area is 204 Å². The summed E-state index contributed by atoms with van der Waals surface area (Å²) in [6.07, 6.45) is -7.57. The molecule has 0 radical (unpaired) electrons. The summed E-state index contributed by atoms with van der Waals surface area (Å²) in [6.45, 7) is 11.6. The van der Waals surface area contributed by atoms with Gasteiger partial charge in [-0.3, -0.25) is 4.79 Å². The molecule has 4 fully saturated rings. The zero-order valence-electron chi connectivity index (χ0n) is 21.1. The first-order valence-electron chi connectivity index (χ1n) is 11.8. The van der Waals surface area contributed by atoms with Crippen molar-refractivity contribution in [3.8, 4) is 0 Å². The minimum atomic E-state index is -1.27. The van der Waals surface area contributed by atoms with Crippen molar-refractivity contribution in [2.45, 2.75) is 121 Å². The molecule has 1 N–H and O–H groups in total. The van der Waals surface area contributed by atoms with Crippen molar-refractivity contribution < 1.29 is 57.3 Å². The van der Waals surface area contributed by atoms with Crippen LogP contribution in [0.3, 0.4) is 0 Å². The van der Waals surface area contributed by atoms with Crippen LogP contribution < -0.4 is 0 Å². The first kappa shape index (κ1) is 26.8. The van der Waals surface area contributed by atoms with Crippen LogP contribution in [0.15, 0.2) is 0 Å². The molecule has 0 saturated carbocycles. The van der Waals surface area contributed by atoms with Gasteiger partial charge < -0.3 is 52.5 Å². The zero-order chi connectivity index (χ0) is 25.8. The van der Waals surface area contributed by atoms with Gasteiger partial charge in [0.05, 0.1) is 6.61 Å². The van der Waals surface area contributed by atoms with Crippen LogP contribution in [0.4, 0.5) is 0 Å². The summed E-state index contributed by atoms with van der Waals surface area (Å²) < 4.78 is 52.8. The van der Waals surface area contributed by atoms with Crippen LogP contribution >= 0.6 is 0 Å². The van der Waals surface area contributed by atoms with E-state index in [1.54, 1.807) is 41.5 Å². The van der Waals surface area contributed by atoms with Gasteiger partial charge in [0, 0.05) is 6.92 Å². The molecule has 4 saturated heterocycles. The average molecular weight is 505 g/mol. The van der Waals surface area contributed by atoms with Crippen LogP contribution in [0.25, 0.3) is 0 Å². The molecule has 0 aromatic rings. The lowest BCUT2D eigenvalue weighted by Crippen LogP contribution is -2.60. The molecule has 12 nitrogen and oxygen atoms in total. The molecular weight excluding hydrogens is 468 g/mol. The second kappa shape index (κ2) is 9.58. The standard InChI is InChI=1S/C23H36O12/c1-11(25)27-9-13-18-19(35-23(6,7)34-18)15(26)20(29-13)30-16(14-10-28-21(2,3)32-14)17-12(8-24)31-22(4,5)33-17/h8,12-20,26H,9-10H2,1-7H3/t12-,13+,14+,15+,16+,17+,18-,19+,20-/m0/s1. The van der Waals surface area contributed by atoms with Crippen LogP contribution in [0.5, 0.6) is 0 Å². The van der Waals surface area contributed by atoms with Gasteiger partial charge in [0.2, 0.25) is 0 Å². The lowest BCUT2D eigenvalue weighted by Gasteiger charge is -2.42. The highest BCUT2D eigenvalue weighted by molar-refractivity contribution is 5.65. The van der Waals surface area contributed by atoms with Crippen LogP contribution in [0.2, 0.25) is 0 Å². The van der Waals surface area contributed by atoms with Gasteiger partial charge in [-0.15, -0.1) is 0 Å². The van der Waals surface area contributed by atoms with E-state index in [2.05, 4.69) is 0 Å². The third-order valence-corrected chi connectivity index (χ3v) is 6.21. The molecule has 35 heavy (non-hydrogen) atoms. The lowest BCUT2D eigenvalue weighted by atomic mass is 9.98. The van der Waals surface area contributed by atoms with E-state index in [-0.39, 0.29) is 13.2 Å². The number of carbonyl (C=O) groups excluding carboxylic acids is 2. The largest absolute Gasteiger partial charge is 0.463 e. The van der Waals surface area contributed by atoms with Gasteiger partial charge in [-0.05, 0) is 41.5 Å². The van der Waals surface area contributed by atoms with E-state index < -0.39 is 78.5 Å². The maximum absolute atomic E-state index is 11.8. The Balaban J connectivity index is 1.59. The molecule has 0 bridgehead atoms. The minimum Gasteiger partial charge on any atom is -0.463 e. The van der Waals surface area contributed by atoms with Crippen molar-refractivity contribution >= 4 is 12.3 Å². The van der Waals surface area contributed by atoms with E-state index in [0.717, 1.165) is 0 Å². The number of esters is 1. The van der Waals surface area contributed by atoms with Crippen molar-refractivity contribution in [2.24, 2.45) is 0 Å². The number of ether oxygens (including phenoxy) is 9. The predicted molar refractivity (Wildman–Crippen MR) is 115 cm³/mol. The Kier molecular flexibility index (Phi) is 7.35. The Morgan fingerprint density at radius 1 is 1.00 bits per heavy atom. The van der Waals surface area contributed by atoms with Gasteiger partial charge in [-0.1, -0.05) is 0 Å². The summed E-state index contributed by atoms with van der Waals surface area (Å²) >= 11 is 0. The van der Waals surface area contributed by atoms with E-state index in [4.69, 9.17) is 42.6 Å². The van der Waals surface area contributed by atoms with Gasteiger partial charge in [-0.25, -0.2) is 0 Å². The number of hydrogen-bond acceptors (Lipinski definition) is 12. The summed E-state index contributed by atoms with van der Waals surface area (Å²) in [5, 5.41) is 11.2. The summed E-state index contributed by atoms with van der Waals surface area (Å²) in [5.74, 6) is -3.42. The molecular formula is C23H36O12. The number of carbonyl (C=O) groups is 2. The van der Waals surface area contributed by atoms with E-state index in [1.165, 1.54) is 6.92 Å². The minimum absolute atomic E-state index is 0.129. The third kappa shape index (κ3) is 5.86. The molecule has 0 aromatic heterocycles. The van der Waals surface area contributed by atoms with E-state index in [9.17, 15) is 14.7 Å². The highest BCUT2D eigenvalue weighted by Gasteiger charge is 2.58. The number of rotatable bonds is 7. The smallest absolute Gasteiger partial charge is 0.302 e. The fourth-order valence-electron chi connectivity index (χ4n) is 4.89. The molecule has 4 aliphatic rings. The molecule has 0 amide bonds. The van der Waals surface area contributed by atoms with Crippen LogP contribution in [0, 0.1) is 0 Å². The molecule has 200 valence electrons. The molecule has 0 unspecified atom stereocenters. The fraction of sp³-hybridized carbons (Fsp3) is 0.913. The quantitative estimate of drug-likeness (QED) is 0.380. The SMILES string of the molecule is CC(=O)OC[C@H]1O[C@@H](O[C@@H]([C@@H]2OC(C)(C)O[C@H]2C=O)[C@H]2COC(C)(C)O2)[C@H](O)[C@H]2OC(C)(C)O[C@H]21. The number of hydrogen-bond donors (Lipinski definition) is 1. The lowest BCUT2D eigenvalue weighted by molar-refractivity contribution is -0.314. The van der Waals surface area contributed by atoms with E-state index in [0.29, 0.717) is 6.29 Å². The maximum Gasteiger partial charge on any atom is 0.302 e. The first-order chi connectivity index (χ1) is 16.2. The summed E-state index contributed by atoms with van der Waals surface area (Å²) in [7, 11) is 0. The Hall–Kier alpha value is -1.22. The third-order valence-electron chi connectivity index (χ3n) is 6.21. The predicted octanol–water partition coefficient (Wildman–Crippen LogP) is 0.411. The summed E-state index contributed by atoms with van der Waals surface area (Å²) in [4.78, 5) is 23.3. The highest BCUT2D eigenvalue weighted by Crippen LogP contribution is 2.40. The van der Waals surface area contributed by atoms with E-state index in [1.807, 2.05) is 0 Å². The number of aliphatic hydroxyl groups excluding tert-OH is 1. The normalized spacial score (nSPS) is 42.4. The van der Waals surface area contributed by atoms with Crippen LogP contribution in [-0.4, -0.2) is 103 Å². The fourth-order valence-corrected chi connectivity index (χ4v) is 4.89. The van der Waals surface area contributed by atoms with Crippen molar-refractivity contribution in [3.05, 3.63) is 0 Å². The second-order valence-corrected chi connectivity index (χ2v) is 10.6. The first-order valence-corrected chi connectivity index (χ1v) is 11.8. The maximum atomic E-state index is 11.8. The highest BCUT2D eigenvalue weighted by atomic mass is 16.8. The van der Waals surface area contributed by atoms with Gasteiger partial charge in [0.15, 0.2) is 29.9 Å². The molecule has 0 aromatic carbocycles. The molecule has 0 spiro atoms. The van der Waals surface area contributed by atoms with E-state index >= 15 is 0 Å². The number of aliphatic hydroxyl groups is 1. The summed E-state index contributed by atoms with van der Waals surface area (Å²) in [5.41, 5.74) is 0. The molecule has 4 heterocycles. The van der Waals surface area contributed by atoms with Gasteiger partial charge in [-0.2, -0.15) is 0 Å². The Bertz CT molecular complexity index is 797. The second-order valence-electron chi connectivity index (χ2n) is 10.6. The average Bonchev–Trinajstić information content (AvgIpc) is 3.37. The van der Waals surface area contributed by atoms with Gasteiger partial charge in [0.25, 0.3) is 0 Å².